The Labute approximate surface area is 140 Å². The lowest BCUT2D eigenvalue weighted by molar-refractivity contribution is 0.0641. The van der Waals surface area contributed by atoms with Crippen LogP contribution in [0.25, 0.3) is 0 Å². The molecule has 2 atom stereocenters. The van der Waals surface area contributed by atoms with Gasteiger partial charge in [0.05, 0.1) is 5.56 Å². The van der Waals surface area contributed by atoms with Crippen molar-refractivity contribution in [2.24, 2.45) is 5.73 Å². The van der Waals surface area contributed by atoms with Crippen molar-refractivity contribution in [3.8, 4) is 11.6 Å². The number of carbonyl (C=O) groups excluding carboxylic acids is 1. The van der Waals surface area contributed by atoms with Crippen LogP contribution in [-0.2, 0) is 0 Å². The molecule has 3 rings (SSSR count). The molecule has 2 aliphatic heterocycles. The Morgan fingerprint density at radius 2 is 1.83 bits per heavy atom. The number of likely N-dealkylation sites (tertiary alicyclic amines) is 2. The Morgan fingerprint density at radius 3 is 2.29 bits per heavy atom. The van der Waals surface area contributed by atoms with Gasteiger partial charge in [0.1, 0.15) is 13.2 Å². The molecule has 2 aliphatic rings. The molecule has 2 N–H and O–H groups in total. The number of aromatic nitrogens is 1. The highest BCUT2D eigenvalue weighted by molar-refractivity contribution is 5.93. The monoisotopic (exact) mass is 338 g/mol. The highest BCUT2D eigenvalue weighted by atomic mass is 19.1. The molecule has 7 nitrogen and oxygen atoms in total. The van der Waals surface area contributed by atoms with Gasteiger partial charge in [-0.25, -0.2) is 0 Å². The maximum absolute atomic E-state index is 13.9. The Bertz CT molecular complexity index is 628. The summed E-state index contributed by atoms with van der Waals surface area (Å²) in [5.41, 5.74) is 4.90. The fourth-order valence-corrected chi connectivity index (χ4v) is 2.76. The molecule has 1 aromatic rings. The zero-order chi connectivity index (χ0) is 17.3. The van der Waals surface area contributed by atoms with Crippen LogP contribution in [0, 0.1) is 5.95 Å². The van der Waals surface area contributed by atoms with E-state index in [1.807, 2.05) is 14.1 Å². The fraction of sp³-hybridized carbons (Fsp3) is 0.625. The Hall–Kier alpha value is -1.93. The number of hydrogen-bond acceptors (Lipinski definition) is 6. The molecule has 3 heterocycles. The quantitative estimate of drug-likeness (QED) is 0.729. The minimum Gasteiger partial charge on any atom is -0.486 e. The van der Waals surface area contributed by atoms with Crippen molar-refractivity contribution in [3.05, 3.63) is 17.6 Å². The van der Waals surface area contributed by atoms with E-state index < -0.39 is 11.9 Å². The van der Waals surface area contributed by atoms with Gasteiger partial charge in [0.15, 0.2) is 5.75 Å². The first-order valence-electron chi connectivity index (χ1n) is 8.12. The highest BCUT2D eigenvalue weighted by Crippen LogP contribution is 2.29. The molecule has 2 saturated heterocycles. The minimum absolute atomic E-state index is 0.0692. The van der Waals surface area contributed by atoms with Gasteiger partial charge in [0.25, 0.3) is 11.8 Å². The van der Waals surface area contributed by atoms with Gasteiger partial charge in [-0.3, -0.25) is 14.6 Å². The summed E-state index contributed by atoms with van der Waals surface area (Å²) in [6, 6.07) is 1.87. The SMILES string of the molecule is CN1CC[C@@H]1COc1cc(C(N)=O)c(F)nc1OC[C@H]1CCN1C. The van der Waals surface area contributed by atoms with Crippen molar-refractivity contribution in [2.45, 2.75) is 24.9 Å². The summed E-state index contributed by atoms with van der Waals surface area (Å²) in [4.78, 5) is 19.4. The van der Waals surface area contributed by atoms with E-state index in [2.05, 4.69) is 14.8 Å². The third kappa shape index (κ3) is 3.44. The largest absolute Gasteiger partial charge is 0.486 e. The van der Waals surface area contributed by atoms with Crippen LogP contribution >= 0.6 is 0 Å². The van der Waals surface area contributed by atoms with Crippen LogP contribution in [0.2, 0.25) is 0 Å². The second-order valence-corrected chi connectivity index (χ2v) is 6.46. The number of rotatable bonds is 7. The van der Waals surface area contributed by atoms with E-state index in [4.69, 9.17) is 15.2 Å². The fourth-order valence-electron chi connectivity index (χ4n) is 2.76. The predicted molar refractivity (Wildman–Crippen MR) is 85.8 cm³/mol. The molecule has 1 amide bonds. The molecule has 0 aromatic carbocycles. The minimum atomic E-state index is -0.937. The van der Waals surface area contributed by atoms with Crippen LogP contribution in [0.15, 0.2) is 6.07 Å². The molecular weight excluding hydrogens is 315 g/mol. The maximum atomic E-state index is 13.9. The van der Waals surface area contributed by atoms with Crippen LogP contribution < -0.4 is 15.2 Å². The maximum Gasteiger partial charge on any atom is 0.259 e. The normalized spacial score (nSPS) is 24.1. The number of pyridine rings is 1. The van der Waals surface area contributed by atoms with Crippen LogP contribution in [-0.4, -0.2) is 73.2 Å². The van der Waals surface area contributed by atoms with Gasteiger partial charge in [-0.05, 0) is 40.0 Å². The van der Waals surface area contributed by atoms with E-state index >= 15 is 0 Å². The summed E-state index contributed by atoms with van der Waals surface area (Å²) < 4.78 is 25.4. The number of primary amides is 1. The second-order valence-electron chi connectivity index (χ2n) is 6.46. The van der Waals surface area contributed by atoms with Crippen molar-refractivity contribution >= 4 is 5.91 Å². The number of halogens is 1. The van der Waals surface area contributed by atoms with Gasteiger partial charge < -0.3 is 15.2 Å². The first-order valence-corrected chi connectivity index (χ1v) is 8.12. The zero-order valence-corrected chi connectivity index (χ0v) is 14.0. The highest BCUT2D eigenvalue weighted by Gasteiger charge is 2.28. The number of likely N-dealkylation sites (N-methyl/N-ethyl adjacent to an activating group) is 2. The van der Waals surface area contributed by atoms with Crippen molar-refractivity contribution in [1.82, 2.24) is 14.8 Å². The number of hydrogen-bond donors (Lipinski definition) is 1. The van der Waals surface area contributed by atoms with Gasteiger partial charge in [-0.15, -0.1) is 0 Å². The smallest absolute Gasteiger partial charge is 0.259 e. The Balaban J connectivity index is 1.73. The van der Waals surface area contributed by atoms with Crippen molar-refractivity contribution in [3.63, 3.8) is 0 Å². The van der Waals surface area contributed by atoms with Crippen LogP contribution in [0.1, 0.15) is 23.2 Å². The third-order valence-electron chi connectivity index (χ3n) is 4.89. The van der Waals surface area contributed by atoms with Gasteiger partial charge in [-0.1, -0.05) is 0 Å². The van der Waals surface area contributed by atoms with E-state index in [1.165, 1.54) is 6.07 Å². The summed E-state index contributed by atoms with van der Waals surface area (Å²) in [5.74, 6) is -1.49. The molecule has 0 radical (unpaired) electrons. The summed E-state index contributed by atoms with van der Waals surface area (Å²) in [6.45, 7) is 2.88. The lowest BCUT2D eigenvalue weighted by Crippen LogP contribution is -2.48. The number of nitrogens with zero attached hydrogens (tertiary/aromatic N) is 3. The number of amides is 1. The van der Waals surface area contributed by atoms with E-state index in [0.29, 0.717) is 19.3 Å². The van der Waals surface area contributed by atoms with Crippen molar-refractivity contribution < 1.29 is 18.7 Å². The standard InChI is InChI=1S/C16H23FN4O3/c1-20-5-3-10(20)8-23-13-7-12(15(18)22)14(17)19-16(13)24-9-11-4-6-21(11)2/h7,10-11H,3-6,8-9H2,1-2H3,(H2,18,22)/t10-,11-/m1/s1. The molecule has 0 aliphatic carbocycles. The topological polar surface area (TPSA) is 80.9 Å². The Kier molecular flexibility index (Phi) is 4.86. The molecule has 132 valence electrons. The molecule has 0 spiro atoms. The molecule has 0 bridgehead atoms. The molecule has 2 fully saturated rings. The molecule has 24 heavy (non-hydrogen) atoms. The third-order valence-corrected chi connectivity index (χ3v) is 4.89. The molecule has 0 unspecified atom stereocenters. The van der Waals surface area contributed by atoms with Gasteiger partial charge >= 0.3 is 0 Å². The number of ether oxygens (including phenoxy) is 2. The number of nitrogens with two attached hydrogens (primary N) is 1. The van der Waals surface area contributed by atoms with Crippen LogP contribution in [0.3, 0.4) is 0 Å². The lowest BCUT2D eigenvalue weighted by atomic mass is 10.1. The summed E-state index contributed by atoms with van der Waals surface area (Å²) in [7, 11) is 4.02. The number of carbonyl (C=O) groups is 1. The first-order chi connectivity index (χ1) is 11.5. The van der Waals surface area contributed by atoms with Gasteiger partial charge in [-0.2, -0.15) is 9.37 Å². The van der Waals surface area contributed by atoms with E-state index in [-0.39, 0.29) is 23.2 Å². The molecule has 0 saturated carbocycles. The lowest BCUT2D eigenvalue weighted by Gasteiger charge is -2.38. The average molecular weight is 338 g/mol. The molecular formula is C16H23FN4O3. The average Bonchev–Trinajstić information content (AvgIpc) is 2.53. The first kappa shape index (κ1) is 16.9. The Morgan fingerprint density at radius 1 is 1.25 bits per heavy atom. The van der Waals surface area contributed by atoms with Gasteiger partial charge in [0, 0.05) is 18.2 Å². The van der Waals surface area contributed by atoms with Crippen LogP contribution in [0.5, 0.6) is 11.6 Å². The van der Waals surface area contributed by atoms with E-state index in [9.17, 15) is 9.18 Å². The molecule has 1 aromatic heterocycles. The molecule has 8 heteroatoms. The van der Waals surface area contributed by atoms with Gasteiger partial charge in [0.2, 0.25) is 5.95 Å². The van der Waals surface area contributed by atoms with Crippen LogP contribution in [0.4, 0.5) is 4.39 Å². The van der Waals surface area contributed by atoms with E-state index in [1.54, 1.807) is 0 Å². The summed E-state index contributed by atoms with van der Waals surface area (Å²) in [5, 5.41) is 0. The van der Waals surface area contributed by atoms with Crippen molar-refractivity contribution in [2.75, 3.05) is 40.4 Å². The summed E-state index contributed by atoms with van der Waals surface area (Å²) in [6.07, 6.45) is 2.07. The second kappa shape index (κ2) is 6.90. The van der Waals surface area contributed by atoms with E-state index in [0.717, 1.165) is 25.9 Å². The predicted octanol–water partition coefficient (Wildman–Crippen LogP) is 0.485. The zero-order valence-electron chi connectivity index (χ0n) is 14.0. The summed E-state index contributed by atoms with van der Waals surface area (Å²) >= 11 is 0. The van der Waals surface area contributed by atoms with Crippen molar-refractivity contribution in [1.29, 1.82) is 0 Å².